The molecule has 100 valence electrons. The summed E-state index contributed by atoms with van der Waals surface area (Å²) in [6.07, 6.45) is 9.50. The highest BCUT2D eigenvalue weighted by atomic mass is 16.3. The van der Waals surface area contributed by atoms with Crippen LogP contribution in [0.3, 0.4) is 0 Å². The van der Waals surface area contributed by atoms with Crippen molar-refractivity contribution in [1.29, 1.82) is 0 Å². The Morgan fingerprint density at radius 2 is 1.41 bits per heavy atom. The van der Waals surface area contributed by atoms with Gasteiger partial charge in [0.1, 0.15) is 0 Å². The SMILES string of the molecule is CC(O)(C[C@H]1CCCCN1)C[C@@H]1CCCCN1. The summed E-state index contributed by atoms with van der Waals surface area (Å²) in [5.74, 6) is 0. The minimum Gasteiger partial charge on any atom is -0.390 e. The normalized spacial score (nSPS) is 34.2. The lowest BCUT2D eigenvalue weighted by atomic mass is 9.85. The van der Waals surface area contributed by atoms with E-state index in [1.165, 1.54) is 38.5 Å². The number of hydrogen-bond acceptors (Lipinski definition) is 3. The Balaban J connectivity index is 1.75. The van der Waals surface area contributed by atoms with Crippen LogP contribution in [0.15, 0.2) is 0 Å². The highest BCUT2D eigenvalue weighted by Gasteiger charge is 2.29. The van der Waals surface area contributed by atoms with Crippen LogP contribution in [-0.2, 0) is 0 Å². The molecule has 3 atom stereocenters. The van der Waals surface area contributed by atoms with Crippen molar-refractivity contribution < 1.29 is 5.11 Å². The van der Waals surface area contributed by atoms with E-state index in [2.05, 4.69) is 10.6 Å². The van der Waals surface area contributed by atoms with E-state index < -0.39 is 5.60 Å². The van der Waals surface area contributed by atoms with Crippen LogP contribution in [0.1, 0.15) is 58.3 Å². The van der Waals surface area contributed by atoms with Gasteiger partial charge in [-0.1, -0.05) is 12.8 Å². The van der Waals surface area contributed by atoms with Crippen molar-refractivity contribution in [2.24, 2.45) is 0 Å². The topological polar surface area (TPSA) is 44.3 Å². The first-order valence-corrected chi connectivity index (χ1v) is 7.35. The molecule has 2 fully saturated rings. The predicted molar refractivity (Wildman–Crippen MR) is 71.1 cm³/mol. The van der Waals surface area contributed by atoms with Crippen LogP contribution in [0.25, 0.3) is 0 Å². The maximum atomic E-state index is 10.5. The first kappa shape index (κ1) is 13.3. The number of hydrogen-bond donors (Lipinski definition) is 3. The quantitative estimate of drug-likeness (QED) is 0.702. The van der Waals surface area contributed by atoms with Crippen LogP contribution in [0, 0.1) is 0 Å². The summed E-state index contributed by atoms with van der Waals surface area (Å²) >= 11 is 0. The van der Waals surface area contributed by atoms with Gasteiger partial charge in [-0.15, -0.1) is 0 Å². The monoisotopic (exact) mass is 240 g/mol. The number of rotatable bonds is 4. The molecule has 1 unspecified atom stereocenters. The summed E-state index contributed by atoms with van der Waals surface area (Å²) in [4.78, 5) is 0. The minimum absolute atomic E-state index is 0.510. The molecule has 2 saturated heterocycles. The highest BCUT2D eigenvalue weighted by Crippen LogP contribution is 2.25. The first-order chi connectivity index (χ1) is 8.16. The van der Waals surface area contributed by atoms with E-state index >= 15 is 0 Å². The van der Waals surface area contributed by atoms with Gasteiger partial charge >= 0.3 is 0 Å². The molecule has 0 amide bonds. The summed E-state index contributed by atoms with van der Waals surface area (Å²) in [5, 5.41) is 17.6. The van der Waals surface area contributed by atoms with Crippen LogP contribution < -0.4 is 10.6 Å². The molecule has 2 aliphatic heterocycles. The predicted octanol–water partition coefficient (Wildman–Crippen LogP) is 1.80. The fourth-order valence-corrected chi connectivity index (χ4v) is 3.34. The Hall–Kier alpha value is -0.120. The van der Waals surface area contributed by atoms with E-state index in [4.69, 9.17) is 0 Å². The van der Waals surface area contributed by atoms with Crippen molar-refractivity contribution in [1.82, 2.24) is 10.6 Å². The molecule has 0 radical (unpaired) electrons. The van der Waals surface area contributed by atoms with Gasteiger partial charge in [-0.05, 0) is 58.5 Å². The highest BCUT2D eigenvalue weighted by molar-refractivity contribution is 4.87. The van der Waals surface area contributed by atoms with Crippen molar-refractivity contribution in [3.8, 4) is 0 Å². The van der Waals surface area contributed by atoms with Crippen LogP contribution in [0.4, 0.5) is 0 Å². The lowest BCUT2D eigenvalue weighted by Gasteiger charge is -2.35. The fraction of sp³-hybridized carbons (Fsp3) is 1.00. The van der Waals surface area contributed by atoms with Crippen molar-refractivity contribution in [3.05, 3.63) is 0 Å². The van der Waals surface area contributed by atoms with Gasteiger partial charge in [0.15, 0.2) is 0 Å². The molecule has 0 aliphatic carbocycles. The molecule has 2 rings (SSSR count). The van der Waals surface area contributed by atoms with Gasteiger partial charge in [-0.25, -0.2) is 0 Å². The van der Waals surface area contributed by atoms with E-state index in [1.807, 2.05) is 6.92 Å². The maximum absolute atomic E-state index is 10.5. The zero-order chi connectivity index (χ0) is 12.1. The molecule has 0 spiro atoms. The Bertz CT molecular complexity index is 196. The van der Waals surface area contributed by atoms with Crippen LogP contribution in [0.5, 0.6) is 0 Å². The smallest absolute Gasteiger partial charge is 0.0649 e. The summed E-state index contributed by atoms with van der Waals surface area (Å²) in [5.41, 5.74) is -0.510. The van der Waals surface area contributed by atoms with Gasteiger partial charge in [0.2, 0.25) is 0 Å². The summed E-state index contributed by atoms with van der Waals surface area (Å²) in [6, 6.07) is 1.06. The van der Waals surface area contributed by atoms with Gasteiger partial charge in [-0.3, -0.25) is 0 Å². The molecule has 3 N–H and O–H groups in total. The Labute approximate surface area is 105 Å². The third-order valence-corrected chi connectivity index (χ3v) is 4.20. The van der Waals surface area contributed by atoms with E-state index in [1.54, 1.807) is 0 Å². The molecule has 2 heterocycles. The van der Waals surface area contributed by atoms with Crippen molar-refractivity contribution in [3.63, 3.8) is 0 Å². The van der Waals surface area contributed by atoms with Crippen LogP contribution in [0.2, 0.25) is 0 Å². The van der Waals surface area contributed by atoms with E-state index in [0.717, 1.165) is 25.9 Å². The molecular formula is C14H28N2O. The first-order valence-electron chi connectivity index (χ1n) is 7.35. The van der Waals surface area contributed by atoms with E-state index in [0.29, 0.717) is 12.1 Å². The molecule has 0 bridgehead atoms. The molecule has 17 heavy (non-hydrogen) atoms. The Kier molecular flexibility index (Phi) is 4.83. The zero-order valence-electron chi connectivity index (χ0n) is 11.2. The molecule has 3 heteroatoms. The second-order valence-corrected chi connectivity index (χ2v) is 6.20. The van der Waals surface area contributed by atoms with Crippen molar-refractivity contribution in [2.75, 3.05) is 13.1 Å². The Morgan fingerprint density at radius 3 is 1.76 bits per heavy atom. The zero-order valence-corrected chi connectivity index (χ0v) is 11.2. The number of piperidine rings is 2. The van der Waals surface area contributed by atoms with Crippen molar-refractivity contribution >= 4 is 0 Å². The fourth-order valence-electron chi connectivity index (χ4n) is 3.34. The lowest BCUT2D eigenvalue weighted by Crippen LogP contribution is -2.45. The number of aliphatic hydroxyl groups is 1. The third-order valence-electron chi connectivity index (χ3n) is 4.20. The van der Waals surface area contributed by atoms with Gasteiger partial charge in [0, 0.05) is 12.1 Å². The van der Waals surface area contributed by atoms with Gasteiger partial charge in [0.05, 0.1) is 5.60 Å². The molecule has 0 saturated carbocycles. The minimum atomic E-state index is -0.510. The van der Waals surface area contributed by atoms with Crippen LogP contribution >= 0.6 is 0 Å². The summed E-state index contributed by atoms with van der Waals surface area (Å²) in [6.45, 7) is 4.27. The molecule has 0 aromatic carbocycles. The number of nitrogens with one attached hydrogen (secondary N) is 2. The van der Waals surface area contributed by atoms with E-state index in [9.17, 15) is 5.11 Å². The summed E-state index contributed by atoms with van der Waals surface area (Å²) in [7, 11) is 0. The van der Waals surface area contributed by atoms with Gasteiger partial charge in [-0.2, -0.15) is 0 Å². The average molecular weight is 240 g/mol. The molecule has 2 aliphatic rings. The largest absolute Gasteiger partial charge is 0.390 e. The molecular weight excluding hydrogens is 212 g/mol. The summed E-state index contributed by atoms with van der Waals surface area (Å²) < 4.78 is 0. The molecule has 3 nitrogen and oxygen atoms in total. The van der Waals surface area contributed by atoms with Gasteiger partial charge < -0.3 is 15.7 Å². The second kappa shape index (κ2) is 6.17. The second-order valence-electron chi connectivity index (χ2n) is 6.20. The molecule has 0 aromatic rings. The Morgan fingerprint density at radius 1 is 0.941 bits per heavy atom. The lowest BCUT2D eigenvalue weighted by molar-refractivity contribution is 0.0163. The molecule has 0 aromatic heterocycles. The van der Waals surface area contributed by atoms with Crippen LogP contribution in [-0.4, -0.2) is 35.9 Å². The van der Waals surface area contributed by atoms with Crippen molar-refractivity contribution in [2.45, 2.75) is 76.0 Å². The average Bonchev–Trinajstić information content (AvgIpc) is 2.30. The van der Waals surface area contributed by atoms with E-state index in [-0.39, 0.29) is 0 Å². The maximum Gasteiger partial charge on any atom is 0.0649 e. The third kappa shape index (κ3) is 4.57. The standard InChI is InChI=1S/C14H28N2O/c1-14(17,10-12-6-2-4-8-15-12)11-13-7-3-5-9-16-13/h12-13,15-17H,2-11H2,1H3/t12-,13+,14?. The van der Waals surface area contributed by atoms with Gasteiger partial charge in [0.25, 0.3) is 0 Å².